The topological polar surface area (TPSA) is 52.5 Å². The minimum atomic E-state index is -4.75. The van der Waals surface area contributed by atoms with Gasteiger partial charge in [-0.05, 0) is 12.1 Å². The summed E-state index contributed by atoms with van der Waals surface area (Å²) in [6.07, 6.45) is -3.08. The Hall–Kier alpha value is -2.70. The molecule has 0 saturated carbocycles. The fourth-order valence-corrected chi connectivity index (χ4v) is 2.16. The van der Waals surface area contributed by atoms with Crippen LogP contribution in [0.15, 0.2) is 48.7 Å². The molecule has 7 heteroatoms. The quantitative estimate of drug-likeness (QED) is 0.787. The molecule has 0 aliphatic heterocycles. The number of hydrogen-bond donors (Lipinski definition) is 1. The number of nitrogen functional groups attached to an aromatic ring is 1. The maximum atomic E-state index is 12.5. The van der Waals surface area contributed by atoms with Gasteiger partial charge in [-0.1, -0.05) is 24.3 Å². The average Bonchev–Trinajstić information content (AvgIpc) is 2.77. The second-order valence-electron chi connectivity index (χ2n) is 4.36. The Bertz CT molecular complexity index is 796. The van der Waals surface area contributed by atoms with E-state index < -0.39 is 6.36 Å². The molecule has 2 N–H and O–H groups in total. The van der Waals surface area contributed by atoms with Gasteiger partial charge in [0.15, 0.2) is 0 Å². The molecule has 0 saturated heterocycles. The van der Waals surface area contributed by atoms with Crippen LogP contribution in [0.1, 0.15) is 0 Å². The highest BCUT2D eigenvalue weighted by molar-refractivity contribution is 5.84. The molecule has 0 fully saturated rings. The summed E-state index contributed by atoms with van der Waals surface area (Å²) in [5, 5.41) is 4.03. The van der Waals surface area contributed by atoms with Crippen molar-refractivity contribution in [3.8, 4) is 16.9 Å². The van der Waals surface area contributed by atoms with Crippen LogP contribution >= 0.6 is 0 Å². The normalized spacial score (nSPS) is 11.8. The molecule has 3 rings (SSSR count). The Balaban J connectivity index is 2.19. The highest BCUT2D eigenvalue weighted by Gasteiger charge is 2.32. The fraction of sp³-hybridized carbons (Fsp3) is 0.0714. The lowest BCUT2D eigenvalue weighted by Crippen LogP contribution is -2.17. The number of fused-ring (bicyclic) bond motifs is 1. The van der Waals surface area contributed by atoms with Crippen LogP contribution in [0.2, 0.25) is 0 Å². The van der Waals surface area contributed by atoms with Crippen LogP contribution in [0, 0.1) is 0 Å². The van der Waals surface area contributed by atoms with Crippen molar-refractivity contribution in [1.29, 1.82) is 0 Å². The van der Waals surface area contributed by atoms with Crippen molar-refractivity contribution in [3.05, 3.63) is 48.7 Å². The second-order valence-corrected chi connectivity index (χ2v) is 4.36. The molecule has 0 aliphatic carbocycles. The van der Waals surface area contributed by atoms with E-state index in [4.69, 9.17) is 5.73 Å². The number of ether oxygens (including phenoxy) is 1. The summed E-state index contributed by atoms with van der Waals surface area (Å²) in [7, 11) is 0. The summed E-state index contributed by atoms with van der Waals surface area (Å²) in [5.41, 5.74) is 7.12. The number of pyridine rings is 1. The zero-order chi connectivity index (χ0) is 15.0. The van der Waals surface area contributed by atoms with Crippen molar-refractivity contribution in [2.45, 2.75) is 6.36 Å². The molecule has 0 bridgehead atoms. The van der Waals surface area contributed by atoms with E-state index >= 15 is 0 Å². The molecular formula is C14H10F3N3O. The number of nitrogens with zero attached hydrogens (tertiary/aromatic N) is 2. The predicted molar refractivity (Wildman–Crippen MR) is 71.7 cm³/mol. The summed E-state index contributed by atoms with van der Waals surface area (Å²) < 4.78 is 43.1. The Morgan fingerprint density at radius 3 is 2.52 bits per heavy atom. The third kappa shape index (κ3) is 2.62. The Morgan fingerprint density at radius 2 is 1.76 bits per heavy atom. The molecule has 2 aromatic heterocycles. The zero-order valence-electron chi connectivity index (χ0n) is 10.6. The van der Waals surface area contributed by atoms with E-state index in [1.54, 1.807) is 36.5 Å². The van der Waals surface area contributed by atoms with Gasteiger partial charge in [-0.15, -0.1) is 13.2 Å². The standard InChI is InChI=1S/C14H10F3N3O/c15-14(16,17)21-12-6-2-1-4-10(12)9-5-3-7-20-11(9)8-13(18)19-20/h1-8H,(H2,18,19). The lowest BCUT2D eigenvalue weighted by Gasteiger charge is -2.13. The second kappa shape index (κ2) is 4.69. The zero-order valence-corrected chi connectivity index (χ0v) is 10.6. The molecule has 108 valence electrons. The van der Waals surface area contributed by atoms with E-state index in [1.807, 2.05) is 0 Å². The lowest BCUT2D eigenvalue weighted by atomic mass is 10.0. The smallest absolute Gasteiger partial charge is 0.405 e. The largest absolute Gasteiger partial charge is 0.573 e. The summed E-state index contributed by atoms with van der Waals surface area (Å²) in [6.45, 7) is 0. The molecule has 0 spiro atoms. The van der Waals surface area contributed by atoms with Gasteiger partial charge in [0.05, 0.1) is 5.52 Å². The van der Waals surface area contributed by atoms with Crippen LogP contribution in [0.25, 0.3) is 16.6 Å². The number of para-hydroxylation sites is 1. The van der Waals surface area contributed by atoms with E-state index in [-0.39, 0.29) is 11.6 Å². The first-order chi connectivity index (χ1) is 9.94. The van der Waals surface area contributed by atoms with E-state index in [2.05, 4.69) is 9.84 Å². The van der Waals surface area contributed by atoms with E-state index in [0.29, 0.717) is 16.6 Å². The maximum absolute atomic E-state index is 12.5. The molecule has 2 heterocycles. The van der Waals surface area contributed by atoms with Crippen molar-refractivity contribution >= 4 is 11.3 Å². The van der Waals surface area contributed by atoms with Crippen LogP contribution < -0.4 is 10.5 Å². The monoisotopic (exact) mass is 293 g/mol. The number of aromatic nitrogens is 2. The number of nitrogens with two attached hydrogens (primary N) is 1. The lowest BCUT2D eigenvalue weighted by molar-refractivity contribution is -0.274. The van der Waals surface area contributed by atoms with Crippen molar-refractivity contribution < 1.29 is 17.9 Å². The number of anilines is 1. The molecule has 0 radical (unpaired) electrons. The Kier molecular flexibility index (Phi) is 2.97. The van der Waals surface area contributed by atoms with Crippen molar-refractivity contribution in [3.63, 3.8) is 0 Å². The van der Waals surface area contributed by atoms with E-state index in [9.17, 15) is 13.2 Å². The van der Waals surface area contributed by atoms with Gasteiger partial charge < -0.3 is 10.5 Å². The molecule has 1 aromatic carbocycles. The van der Waals surface area contributed by atoms with Crippen LogP contribution in [0.5, 0.6) is 5.75 Å². The molecule has 0 unspecified atom stereocenters. The van der Waals surface area contributed by atoms with Gasteiger partial charge in [0.1, 0.15) is 11.6 Å². The SMILES string of the molecule is Nc1cc2c(-c3ccccc3OC(F)(F)F)cccn2n1. The summed E-state index contributed by atoms with van der Waals surface area (Å²) in [4.78, 5) is 0. The number of rotatable bonds is 2. The minimum Gasteiger partial charge on any atom is -0.405 e. The van der Waals surface area contributed by atoms with Crippen LogP contribution in [-0.4, -0.2) is 16.0 Å². The molecule has 0 aliphatic rings. The third-order valence-electron chi connectivity index (χ3n) is 2.92. The van der Waals surface area contributed by atoms with Crippen LogP contribution in [-0.2, 0) is 0 Å². The maximum Gasteiger partial charge on any atom is 0.573 e. The summed E-state index contributed by atoms with van der Waals surface area (Å²) >= 11 is 0. The number of halogens is 3. The summed E-state index contributed by atoms with van der Waals surface area (Å²) in [6, 6.07) is 10.9. The van der Waals surface area contributed by atoms with Gasteiger partial charge in [0, 0.05) is 23.4 Å². The predicted octanol–water partition coefficient (Wildman–Crippen LogP) is 3.48. The number of alkyl halides is 3. The molecule has 3 aromatic rings. The third-order valence-corrected chi connectivity index (χ3v) is 2.92. The van der Waals surface area contributed by atoms with Crippen molar-refractivity contribution in [2.24, 2.45) is 0 Å². The van der Waals surface area contributed by atoms with Gasteiger partial charge >= 0.3 is 6.36 Å². The fourth-order valence-electron chi connectivity index (χ4n) is 2.16. The number of hydrogen-bond acceptors (Lipinski definition) is 3. The minimum absolute atomic E-state index is 0.266. The first-order valence-electron chi connectivity index (χ1n) is 6.03. The van der Waals surface area contributed by atoms with Gasteiger partial charge in [0.2, 0.25) is 0 Å². The van der Waals surface area contributed by atoms with Gasteiger partial charge in [-0.25, -0.2) is 4.52 Å². The van der Waals surface area contributed by atoms with E-state index in [0.717, 1.165) is 0 Å². The van der Waals surface area contributed by atoms with Crippen molar-refractivity contribution in [2.75, 3.05) is 5.73 Å². The molecular weight excluding hydrogens is 283 g/mol. The van der Waals surface area contributed by atoms with E-state index in [1.165, 1.54) is 16.6 Å². The van der Waals surface area contributed by atoms with Crippen LogP contribution in [0.3, 0.4) is 0 Å². The average molecular weight is 293 g/mol. The Labute approximate surface area is 117 Å². The van der Waals surface area contributed by atoms with Crippen molar-refractivity contribution in [1.82, 2.24) is 9.61 Å². The van der Waals surface area contributed by atoms with Gasteiger partial charge in [0.25, 0.3) is 0 Å². The van der Waals surface area contributed by atoms with Crippen LogP contribution in [0.4, 0.5) is 19.0 Å². The molecule has 0 amide bonds. The molecule has 4 nitrogen and oxygen atoms in total. The molecule has 21 heavy (non-hydrogen) atoms. The van der Waals surface area contributed by atoms with Gasteiger partial charge in [-0.3, -0.25) is 0 Å². The molecule has 0 atom stereocenters. The summed E-state index contributed by atoms with van der Waals surface area (Å²) in [5.74, 6) is 0.0227. The highest BCUT2D eigenvalue weighted by Crippen LogP contribution is 2.35. The Morgan fingerprint density at radius 1 is 1.05 bits per heavy atom. The number of benzene rings is 1. The first kappa shape index (κ1) is 13.3. The highest BCUT2D eigenvalue weighted by atomic mass is 19.4. The van der Waals surface area contributed by atoms with Gasteiger partial charge in [-0.2, -0.15) is 5.10 Å². The first-order valence-corrected chi connectivity index (χ1v) is 6.03.